The summed E-state index contributed by atoms with van der Waals surface area (Å²) < 4.78 is 0. The summed E-state index contributed by atoms with van der Waals surface area (Å²) in [6.07, 6.45) is -0.539. The Morgan fingerprint density at radius 2 is 1.05 bits per heavy atom. The molecule has 0 bridgehead atoms. The molecule has 8 heteroatoms. The molecule has 0 radical (unpaired) electrons. The van der Waals surface area contributed by atoms with Crippen molar-refractivity contribution in [3.05, 3.63) is 0 Å². The Hall–Kier alpha value is -1.96. The van der Waals surface area contributed by atoms with Crippen LogP contribution in [0.3, 0.4) is 0 Å². The maximum absolute atomic E-state index is 11.2. The monoisotopic (exact) mass is 322 g/mol. The van der Waals surface area contributed by atoms with Crippen LogP contribution in [0.5, 0.6) is 0 Å². The van der Waals surface area contributed by atoms with Gasteiger partial charge >= 0.3 is 0 Å². The van der Waals surface area contributed by atoms with Gasteiger partial charge in [-0.25, -0.2) is 0 Å². The highest BCUT2D eigenvalue weighted by Gasteiger charge is 2.09. The van der Waals surface area contributed by atoms with E-state index in [1.807, 2.05) is 0 Å². The summed E-state index contributed by atoms with van der Waals surface area (Å²) in [5.74, 6) is -1.66. The lowest BCUT2D eigenvalue weighted by atomic mass is 10.3. The van der Waals surface area contributed by atoms with Crippen LogP contribution in [0.1, 0.15) is 49.5 Å². The fraction of sp³-hybridized carbons (Fsp3) is 0.714. The number of Topliss-reactive ketones (excluding diaryl/α,β-unsaturated/α-hetero) is 1. The number of hydrogen-bond donors (Lipinski definition) is 4. The SMILES string of the molecule is C.C.C.C.CNCNC(=O)CC(=O)NCNC(=O)CC(C)=O. The van der Waals surface area contributed by atoms with Crippen LogP contribution >= 0.6 is 0 Å². The minimum atomic E-state index is -0.508. The van der Waals surface area contributed by atoms with Gasteiger partial charge < -0.3 is 21.3 Å². The first kappa shape index (κ1) is 32.1. The highest BCUT2D eigenvalue weighted by atomic mass is 16.2. The van der Waals surface area contributed by atoms with Crippen LogP contribution in [0.2, 0.25) is 0 Å². The molecule has 0 rings (SSSR count). The molecule has 8 nitrogen and oxygen atoms in total. The van der Waals surface area contributed by atoms with Gasteiger partial charge in [0.2, 0.25) is 17.7 Å². The van der Waals surface area contributed by atoms with E-state index >= 15 is 0 Å². The molecule has 0 fully saturated rings. The van der Waals surface area contributed by atoms with E-state index in [0.29, 0.717) is 0 Å². The van der Waals surface area contributed by atoms with E-state index in [4.69, 9.17) is 0 Å². The number of rotatable bonds is 8. The van der Waals surface area contributed by atoms with E-state index < -0.39 is 17.7 Å². The highest BCUT2D eigenvalue weighted by molar-refractivity contribution is 5.98. The van der Waals surface area contributed by atoms with Gasteiger partial charge in [0.05, 0.1) is 19.8 Å². The molecule has 0 saturated carbocycles. The molecule has 0 aromatic carbocycles. The molecule has 3 amide bonds. The fourth-order valence-electron chi connectivity index (χ4n) is 0.988. The first-order valence-corrected chi connectivity index (χ1v) is 5.39. The van der Waals surface area contributed by atoms with Gasteiger partial charge in [0.25, 0.3) is 0 Å². The maximum atomic E-state index is 11.2. The Morgan fingerprint density at radius 1 is 0.682 bits per heavy atom. The van der Waals surface area contributed by atoms with Crippen molar-refractivity contribution in [1.82, 2.24) is 21.3 Å². The van der Waals surface area contributed by atoms with Crippen molar-refractivity contribution in [3.8, 4) is 0 Å². The van der Waals surface area contributed by atoms with E-state index in [1.165, 1.54) is 6.92 Å². The first-order chi connectivity index (χ1) is 8.45. The van der Waals surface area contributed by atoms with Crippen molar-refractivity contribution in [1.29, 1.82) is 0 Å². The molecule has 22 heavy (non-hydrogen) atoms. The number of hydrogen-bond acceptors (Lipinski definition) is 5. The van der Waals surface area contributed by atoms with E-state index in [1.54, 1.807) is 7.05 Å². The molecule has 0 heterocycles. The molecule has 0 aliphatic carbocycles. The van der Waals surface area contributed by atoms with Gasteiger partial charge in [-0.1, -0.05) is 29.7 Å². The Labute approximate surface area is 134 Å². The lowest BCUT2D eigenvalue weighted by Crippen LogP contribution is -2.40. The Balaban J connectivity index is -0.000000241. The van der Waals surface area contributed by atoms with E-state index in [0.717, 1.165) is 0 Å². The van der Waals surface area contributed by atoms with Gasteiger partial charge in [-0.15, -0.1) is 0 Å². The van der Waals surface area contributed by atoms with Gasteiger partial charge in [-0.2, -0.15) is 0 Å². The third-order valence-electron chi connectivity index (χ3n) is 1.76. The minimum absolute atomic E-state index is 0. The lowest BCUT2D eigenvalue weighted by Gasteiger charge is -2.07. The number of carbonyl (C=O) groups is 4. The van der Waals surface area contributed by atoms with Crippen LogP contribution in [0.4, 0.5) is 0 Å². The quantitative estimate of drug-likeness (QED) is 0.381. The first-order valence-electron chi connectivity index (χ1n) is 5.39. The van der Waals surface area contributed by atoms with Crippen LogP contribution in [0, 0.1) is 0 Å². The zero-order valence-electron chi connectivity index (χ0n) is 10.5. The zero-order chi connectivity index (χ0) is 14.0. The topological polar surface area (TPSA) is 116 Å². The van der Waals surface area contributed by atoms with Gasteiger partial charge in [-0.05, 0) is 14.0 Å². The van der Waals surface area contributed by atoms with Crippen molar-refractivity contribution >= 4 is 23.5 Å². The summed E-state index contributed by atoms with van der Waals surface area (Å²) in [6.45, 7) is 1.47. The van der Waals surface area contributed by atoms with Gasteiger partial charge in [-0.3, -0.25) is 19.2 Å². The van der Waals surface area contributed by atoms with E-state index in [-0.39, 0.29) is 61.7 Å². The van der Waals surface area contributed by atoms with Crippen molar-refractivity contribution in [2.75, 3.05) is 20.4 Å². The average molecular weight is 322 g/mol. The Kier molecular flexibility index (Phi) is 27.8. The minimum Gasteiger partial charge on any atom is -0.343 e. The second kappa shape index (κ2) is 19.0. The van der Waals surface area contributed by atoms with Crippen LogP contribution in [-0.2, 0) is 19.2 Å². The summed E-state index contributed by atoms with van der Waals surface area (Å²) in [7, 11) is 1.66. The van der Waals surface area contributed by atoms with Crippen molar-refractivity contribution in [2.24, 2.45) is 0 Å². The second-order valence-corrected chi connectivity index (χ2v) is 3.56. The van der Waals surface area contributed by atoms with Gasteiger partial charge in [0, 0.05) is 0 Å². The highest BCUT2D eigenvalue weighted by Crippen LogP contribution is 1.81. The predicted octanol–water partition coefficient (Wildman–Crippen LogP) is 0.383. The summed E-state index contributed by atoms with van der Waals surface area (Å²) in [4.78, 5) is 43.9. The lowest BCUT2D eigenvalue weighted by molar-refractivity contribution is -0.129. The van der Waals surface area contributed by atoms with Crippen molar-refractivity contribution in [2.45, 2.75) is 49.5 Å². The molecular formula is C14H34N4O4. The fourth-order valence-corrected chi connectivity index (χ4v) is 0.988. The molecule has 134 valence electrons. The smallest absolute Gasteiger partial charge is 0.230 e. The molecule has 0 spiro atoms. The standard InChI is InChI=1S/C10H18N4O4.4CH4/c1-7(15)3-8(16)13-6-14-10(18)4-9(17)12-5-11-2;;;;/h11H,3-6H2,1-2H3,(H,12,17)(H,13,16)(H,14,18);4*1H4. The number of nitrogens with one attached hydrogen (secondary N) is 4. The summed E-state index contributed by atoms with van der Waals surface area (Å²) in [6, 6.07) is 0. The summed E-state index contributed by atoms with van der Waals surface area (Å²) in [5, 5.41) is 9.80. The molecule has 0 saturated heterocycles. The molecule has 0 aromatic rings. The van der Waals surface area contributed by atoms with Crippen LogP contribution < -0.4 is 21.3 Å². The Bertz CT molecular complexity index is 333. The van der Waals surface area contributed by atoms with E-state index in [9.17, 15) is 19.2 Å². The maximum Gasteiger partial charge on any atom is 0.230 e. The Morgan fingerprint density at radius 3 is 1.41 bits per heavy atom. The number of amides is 3. The molecule has 0 aliphatic heterocycles. The van der Waals surface area contributed by atoms with Crippen LogP contribution in [0.25, 0.3) is 0 Å². The molecule has 0 atom stereocenters. The molecule has 0 unspecified atom stereocenters. The molecule has 0 aromatic heterocycles. The van der Waals surface area contributed by atoms with Crippen LogP contribution in [-0.4, -0.2) is 43.9 Å². The third kappa shape index (κ3) is 20.4. The van der Waals surface area contributed by atoms with Gasteiger partial charge in [0.1, 0.15) is 12.2 Å². The van der Waals surface area contributed by atoms with Crippen molar-refractivity contribution < 1.29 is 19.2 Å². The molecular weight excluding hydrogens is 288 g/mol. The zero-order valence-corrected chi connectivity index (χ0v) is 10.5. The number of ketones is 1. The normalized spacial score (nSPS) is 7.73. The molecule has 0 aliphatic rings. The number of carbonyl (C=O) groups excluding carboxylic acids is 4. The van der Waals surface area contributed by atoms with Gasteiger partial charge in [0.15, 0.2) is 0 Å². The average Bonchev–Trinajstić information content (AvgIpc) is 2.25. The van der Waals surface area contributed by atoms with Crippen molar-refractivity contribution in [3.63, 3.8) is 0 Å². The van der Waals surface area contributed by atoms with Crippen LogP contribution in [0.15, 0.2) is 0 Å². The summed E-state index contributed by atoms with van der Waals surface area (Å²) >= 11 is 0. The predicted molar refractivity (Wildman–Crippen MR) is 90.1 cm³/mol. The largest absolute Gasteiger partial charge is 0.343 e. The third-order valence-corrected chi connectivity index (χ3v) is 1.76. The summed E-state index contributed by atoms with van der Waals surface area (Å²) in [5.41, 5.74) is 0. The molecule has 4 N–H and O–H groups in total. The van der Waals surface area contributed by atoms with E-state index in [2.05, 4.69) is 21.3 Å². The second-order valence-electron chi connectivity index (χ2n) is 3.56.